The first-order chi connectivity index (χ1) is 15.4. The Morgan fingerprint density at radius 3 is 2.78 bits per heavy atom. The van der Waals surface area contributed by atoms with Crippen LogP contribution in [0.1, 0.15) is 71.6 Å². The Hall–Kier alpha value is -2.47. The van der Waals surface area contributed by atoms with Crippen molar-refractivity contribution in [1.82, 2.24) is 14.9 Å². The molecule has 3 heterocycles. The second-order valence-electron chi connectivity index (χ2n) is 9.71. The standard InChI is InChI=1S/C26H31N3O2S/c1-15-6-7-19-21(14-15)32-26-24(19)25(31)27-22(28-26)8-9-23(30)29-10-4-5-20(29)18-12-16(2)11-17(3)13-18/h11-13,15,20H,4-10,14H2,1-3H3,(H,27,28,31). The highest BCUT2D eigenvalue weighted by molar-refractivity contribution is 7.18. The van der Waals surface area contributed by atoms with Gasteiger partial charge in [-0.05, 0) is 63.0 Å². The number of nitrogens with one attached hydrogen (secondary N) is 1. The minimum Gasteiger partial charge on any atom is -0.336 e. The zero-order valence-electron chi connectivity index (χ0n) is 19.2. The van der Waals surface area contributed by atoms with Gasteiger partial charge in [0.1, 0.15) is 10.7 Å². The third-order valence-electron chi connectivity index (χ3n) is 6.99. The van der Waals surface area contributed by atoms with Crippen molar-refractivity contribution < 1.29 is 4.79 Å². The minimum atomic E-state index is -0.0428. The van der Waals surface area contributed by atoms with Crippen LogP contribution in [0.3, 0.4) is 0 Å². The highest BCUT2D eigenvalue weighted by Gasteiger charge is 2.30. The number of benzene rings is 1. The summed E-state index contributed by atoms with van der Waals surface area (Å²) in [5, 5.41) is 0.779. The number of rotatable bonds is 4. The second-order valence-corrected chi connectivity index (χ2v) is 10.8. The average Bonchev–Trinajstić information content (AvgIpc) is 3.35. The fourth-order valence-electron chi connectivity index (χ4n) is 5.49. The minimum absolute atomic E-state index is 0.0428. The van der Waals surface area contributed by atoms with Crippen LogP contribution in [0.5, 0.6) is 0 Å². The van der Waals surface area contributed by atoms with Crippen LogP contribution in [-0.4, -0.2) is 27.3 Å². The maximum Gasteiger partial charge on any atom is 0.259 e. The van der Waals surface area contributed by atoms with Gasteiger partial charge >= 0.3 is 0 Å². The third kappa shape index (κ3) is 4.01. The van der Waals surface area contributed by atoms with Crippen molar-refractivity contribution in [3.05, 3.63) is 61.5 Å². The first-order valence-corrected chi connectivity index (χ1v) is 12.6. The van der Waals surface area contributed by atoms with Crippen molar-refractivity contribution in [1.29, 1.82) is 0 Å². The summed E-state index contributed by atoms with van der Waals surface area (Å²) in [5.74, 6) is 1.44. The number of likely N-dealkylation sites (tertiary alicyclic amines) is 1. The number of nitrogens with zero attached hydrogens (tertiary/aromatic N) is 2. The van der Waals surface area contributed by atoms with E-state index in [0.717, 1.165) is 48.9 Å². The molecule has 1 fully saturated rings. The number of carbonyl (C=O) groups is 1. The third-order valence-corrected chi connectivity index (χ3v) is 8.14. The average molecular weight is 450 g/mol. The number of fused-ring (bicyclic) bond motifs is 3. The van der Waals surface area contributed by atoms with E-state index in [1.165, 1.54) is 27.1 Å². The molecule has 1 N–H and O–H groups in total. The van der Waals surface area contributed by atoms with E-state index in [0.29, 0.717) is 24.6 Å². The number of aromatic nitrogens is 2. The van der Waals surface area contributed by atoms with Gasteiger partial charge in [-0.15, -0.1) is 11.3 Å². The molecule has 1 aliphatic heterocycles. The number of carbonyl (C=O) groups excluding carboxylic acids is 1. The molecule has 32 heavy (non-hydrogen) atoms. The topological polar surface area (TPSA) is 66.1 Å². The number of hydrogen-bond acceptors (Lipinski definition) is 4. The van der Waals surface area contributed by atoms with E-state index in [4.69, 9.17) is 4.98 Å². The molecule has 2 aliphatic rings. The van der Waals surface area contributed by atoms with Gasteiger partial charge in [0.15, 0.2) is 0 Å². The number of amides is 1. The van der Waals surface area contributed by atoms with E-state index < -0.39 is 0 Å². The van der Waals surface area contributed by atoms with E-state index in [2.05, 4.69) is 44.0 Å². The Morgan fingerprint density at radius 1 is 1.22 bits per heavy atom. The predicted molar refractivity (Wildman–Crippen MR) is 129 cm³/mol. The van der Waals surface area contributed by atoms with Gasteiger partial charge in [0, 0.05) is 24.3 Å². The fourth-order valence-corrected chi connectivity index (χ4v) is 6.90. The van der Waals surface area contributed by atoms with E-state index in [1.807, 2.05) is 4.90 Å². The molecule has 5 nitrogen and oxygen atoms in total. The van der Waals surface area contributed by atoms with Crippen LogP contribution in [0.4, 0.5) is 0 Å². The maximum absolute atomic E-state index is 13.1. The predicted octanol–water partition coefficient (Wildman–Crippen LogP) is 5.02. The molecule has 1 saturated heterocycles. The lowest BCUT2D eigenvalue weighted by atomic mass is 9.89. The van der Waals surface area contributed by atoms with Crippen LogP contribution < -0.4 is 5.56 Å². The van der Waals surface area contributed by atoms with Crippen LogP contribution in [0.2, 0.25) is 0 Å². The molecule has 0 bridgehead atoms. The van der Waals surface area contributed by atoms with Crippen molar-refractivity contribution in [3.63, 3.8) is 0 Å². The molecule has 2 aromatic heterocycles. The summed E-state index contributed by atoms with van der Waals surface area (Å²) < 4.78 is 0. The zero-order valence-corrected chi connectivity index (χ0v) is 20.0. The zero-order chi connectivity index (χ0) is 22.4. The van der Waals surface area contributed by atoms with Gasteiger partial charge in [0.25, 0.3) is 5.56 Å². The van der Waals surface area contributed by atoms with Crippen molar-refractivity contribution in [3.8, 4) is 0 Å². The van der Waals surface area contributed by atoms with Crippen molar-refractivity contribution in [2.45, 2.75) is 71.8 Å². The van der Waals surface area contributed by atoms with Crippen molar-refractivity contribution in [2.75, 3.05) is 6.54 Å². The molecular weight excluding hydrogens is 418 g/mol. The van der Waals surface area contributed by atoms with Gasteiger partial charge in [0.2, 0.25) is 5.91 Å². The molecule has 168 valence electrons. The van der Waals surface area contributed by atoms with Crippen molar-refractivity contribution >= 4 is 27.5 Å². The molecule has 0 spiro atoms. The smallest absolute Gasteiger partial charge is 0.259 e. The molecule has 0 radical (unpaired) electrons. The van der Waals surface area contributed by atoms with E-state index in [9.17, 15) is 9.59 Å². The van der Waals surface area contributed by atoms with Gasteiger partial charge in [-0.2, -0.15) is 0 Å². The fraction of sp³-hybridized carbons (Fsp3) is 0.500. The number of hydrogen-bond donors (Lipinski definition) is 1. The molecule has 2 unspecified atom stereocenters. The Morgan fingerprint density at radius 2 is 2.00 bits per heavy atom. The van der Waals surface area contributed by atoms with E-state index >= 15 is 0 Å². The van der Waals surface area contributed by atoms with Gasteiger partial charge in [0.05, 0.1) is 11.4 Å². The van der Waals surface area contributed by atoms with Crippen molar-refractivity contribution in [2.24, 2.45) is 5.92 Å². The van der Waals surface area contributed by atoms with Crippen LogP contribution in [0.15, 0.2) is 23.0 Å². The quantitative estimate of drug-likeness (QED) is 0.608. The normalized spacial score (nSPS) is 20.7. The molecule has 1 aromatic carbocycles. The summed E-state index contributed by atoms with van der Waals surface area (Å²) in [6, 6.07) is 6.73. The number of thiophene rings is 1. The van der Waals surface area contributed by atoms with Crippen LogP contribution >= 0.6 is 11.3 Å². The Kier molecular flexibility index (Phi) is 5.66. The van der Waals surface area contributed by atoms with Gasteiger partial charge in [-0.25, -0.2) is 4.98 Å². The molecule has 0 saturated carbocycles. The number of aromatic amines is 1. The lowest BCUT2D eigenvalue weighted by Crippen LogP contribution is -2.31. The summed E-state index contributed by atoms with van der Waals surface area (Å²) in [4.78, 5) is 37.9. The molecule has 1 amide bonds. The summed E-state index contributed by atoms with van der Waals surface area (Å²) in [6.45, 7) is 7.29. The highest BCUT2D eigenvalue weighted by atomic mass is 32.1. The van der Waals surface area contributed by atoms with Crippen LogP contribution in [-0.2, 0) is 24.1 Å². The van der Waals surface area contributed by atoms with Crippen LogP contribution in [0.25, 0.3) is 10.2 Å². The Labute approximate surface area is 192 Å². The molecular formula is C26H31N3O2S. The Bertz CT molecular complexity index is 1220. The van der Waals surface area contributed by atoms with E-state index in [-0.39, 0.29) is 17.5 Å². The second kappa shape index (κ2) is 8.47. The van der Waals surface area contributed by atoms with Gasteiger partial charge in [-0.1, -0.05) is 36.2 Å². The molecule has 3 aromatic rings. The van der Waals surface area contributed by atoms with E-state index in [1.54, 1.807) is 11.3 Å². The summed E-state index contributed by atoms with van der Waals surface area (Å²) in [7, 11) is 0. The monoisotopic (exact) mass is 449 g/mol. The molecule has 2 atom stereocenters. The first kappa shape index (κ1) is 21.4. The summed E-state index contributed by atoms with van der Waals surface area (Å²) in [6.07, 6.45) is 6.02. The first-order valence-electron chi connectivity index (χ1n) is 11.8. The Balaban J connectivity index is 1.33. The van der Waals surface area contributed by atoms with Crippen LogP contribution in [0, 0.1) is 19.8 Å². The number of aryl methyl sites for hydroxylation is 4. The largest absolute Gasteiger partial charge is 0.336 e. The SMILES string of the molecule is Cc1cc(C)cc(C2CCCN2C(=O)CCc2nc3sc4c(c3c(=O)[nH]2)CCC(C)C4)c1. The summed E-state index contributed by atoms with van der Waals surface area (Å²) >= 11 is 1.67. The molecule has 5 rings (SSSR count). The van der Waals surface area contributed by atoms with Gasteiger partial charge < -0.3 is 9.88 Å². The lowest BCUT2D eigenvalue weighted by Gasteiger charge is -2.26. The maximum atomic E-state index is 13.1. The number of H-pyrrole nitrogens is 1. The van der Waals surface area contributed by atoms with Gasteiger partial charge in [-0.3, -0.25) is 9.59 Å². The molecule has 1 aliphatic carbocycles. The molecule has 6 heteroatoms. The highest BCUT2D eigenvalue weighted by Crippen LogP contribution is 2.36. The lowest BCUT2D eigenvalue weighted by molar-refractivity contribution is -0.132. The summed E-state index contributed by atoms with van der Waals surface area (Å²) in [5.41, 5.74) is 4.87.